The molecular weight excluding hydrogens is 352 g/mol. The Morgan fingerprint density at radius 2 is 1.81 bits per heavy atom. The molecule has 134 valence electrons. The maximum atomic E-state index is 12.8. The predicted molar refractivity (Wildman–Crippen MR) is 101 cm³/mol. The molecule has 1 aromatic heterocycles. The molecule has 0 bridgehead atoms. The van der Waals surface area contributed by atoms with Crippen molar-refractivity contribution in [2.75, 3.05) is 10.0 Å². The van der Waals surface area contributed by atoms with E-state index in [0.717, 1.165) is 11.1 Å². The van der Waals surface area contributed by atoms with Gasteiger partial charge in [-0.1, -0.05) is 24.3 Å². The van der Waals surface area contributed by atoms with Crippen LogP contribution in [-0.2, 0) is 10.0 Å². The number of carbonyl (C=O) groups excluding carboxylic acids is 1. The van der Waals surface area contributed by atoms with Crippen molar-refractivity contribution in [3.05, 3.63) is 59.9 Å². The molecule has 1 amide bonds. The van der Waals surface area contributed by atoms with E-state index < -0.39 is 15.9 Å². The number of benzene rings is 2. The number of para-hydroxylation sites is 2. The molecule has 26 heavy (non-hydrogen) atoms. The van der Waals surface area contributed by atoms with Crippen LogP contribution in [0.5, 0.6) is 0 Å². The van der Waals surface area contributed by atoms with Crippen LogP contribution in [0.1, 0.15) is 29.0 Å². The molecule has 6 nitrogen and oxygen atoms in total. The van der Waals surface area contributed by atoms with Crippen molar-refractivity contribution in [1.29, 1.82) is 0 Å². The minimum atomic E-state index is -3.45. The Morgan fingerprint density at radius 3 is 2.58 bits per heavy atom. The highest BCUT2D eigenvalue weighted by Crippen LogP contribution is 2.31. The number of carbonyl (C=O) groups is 1. The minimum Gasteiger partial charge on any atom is -0.459 e. The number of fused-ring (bicyclic) bond motifs is 1. The highest BCUT2D eigenvalue weighted by Gasteiger charge is 2.36. The Bertz CT molecular complexity index is 1100. The zero-order valence-electron chi connectivity index (χ0n) is 14.2. The van der Waals surface area contributed by atoms with Gasteiger partial charge in [0.25, 0.3) is 5.91 Å². The Kier molecular flexibility index (Phi) is 3.96. The molecule has 1 fully saturated rings. The van der Waals surface area contributed by atoms with Gasteiger partial charge in [0.15, 0.2) is 5.58 Å². The van der Waals surface area contributed by atoms with Gasteiger partial charge in [-0.25, -0.2) is 8.42 Å². The van der Waals surface area contributed by atoms with Gasteiger partial charge in [0.1, 0.15) is 5.76 Å². The quantitative estimate of drug-likeness (QED) is 0.713. The van der Waals surface area contributed by atoms with Crippen molar-refractivity contribution >= 4 is 38.3 Å². The van der Waals surface area contributed by atoms with E-state index in [9.17, 15) is 13.2 Å². The standard InChI is InChI=1S/C19H18N2O4S/c1-12-11-13-5-4-8-17(18(13)25-12)20-19(22)15-6-2-3-7-16(15)21-26(23,24)14-9-10-14/h2-8,11,14,21H,9-10H2,1H3,(H,20,22). The lowest BCUT2D eigenvalue weighted by molar-refractivity contribution is 0.102. The molecule has 0 spiro atoms. The lowest BCUT2D eigenvalue weighted by Crippen LogP contribution is -2.21. The van der Waals surface area contributed by atoms with Gasteiger partial charge >= 0.3 is 0 Å². The number of hydrogen-bond donors (Lipinski definition) is 2. The van der Waals surface area contributed by atoms with Gasteiger partial charge in [0.2, 0.25) is 10.0 Å². The molecule has 1 saturated carbocycles. The third-order valence-corrected chi connectivity index (χ3v) is 6.16. The molecule has 0 unspecified atom stereocenters. The second-order valence-corrected chi connectivity index (χ2v) is 8.39. The van der Waals surface area contributed by atoms with Crippen molar-refractivity contribution in [3.8, 4) is 0 Å². The molecule has 2 N–H and O–H groups in total. The number of sulfonamides is 1. The first-order valence-corrected chi connectivity index (χ1v) is 9.90. The molecule has 1 aliphatic rings. The van der Waals surface area contributed by atoms with Crippen molar-refractivity contribution < 1.29 is 17.6 Å². The van der Waals surface area contributed by atoms with E-state index >= 15 is 0 Å². The normalized spacial score (nSPS) is 14.3. The van der Waals surface area contributed by atoms with Crippen LogP contribution in [0.4, 0.5) is 11.4 Å². The summed E-state index contributed by atoms with van der Waals surface area (Å²) in [6.45, 7) is 1.84. The lowest BCUT2D eigenvalue weighted by atomic mass is 10.1. The summed E-state index contributed by atoms with van der Waals surface area (Å²) in [6, 6.07) is 13.9. The average molecular weight is 370 g/mol. The third kappa shape index (κ3) is 3.17. The summed E-state index contributed by atoms with van der Waals surface area (Å²) in [5.74, 6) is 0.347. The monoisotopic (exact) mass is 370 g/mol. The first-order chi connectivity index (χ1) is 12.4. The highest BCUT2D eigenvalue weighted by atomic mass is 32.2. The maximum absolute atomic E-state index is 12.8. The van der Waals surface area contributed by atoms with Crippen LogP contribution in [0.15, 0.2) is 52.9 Å². The van der Waals surface area contributed by atoms with Crippen LogP contribution in [0.2, 0.25) is 0 Å². The fourth-order valence-electron chi connectivity index (χ4n) is 2.87. The fourth-order valence-corrected chi connectivity index (χ4v) is 4.27. The molecular formula is C19H18N2O4S. The van der Waals surface area contributed by atoms with Crippen LogP contribution in [0, 0.1) is 6.92 Å². The molecule has 1 aliphatic carbocycles. The summed E-state index contributed by atoms with van der Waals surface area (Å²) in [6.07, 6.45) is 1.31. The molecule has 2 aromatic carbocycles. The van der Waals surface area contributed by atoms with E-state index in [-0.39, 0.29) is 16.5 Å². The van der Waals surface area contributed by atoms with Crippen LogP contribution >= 0.6 is 0 Å². The van der Waals surface area contributed by atoms with Crippen molar-refractivity contribution in [1.82, 2.24) is 0 Å². The average Bonchev–Trinajstić information content (AvgIpc) is 3.38. The van der Waals surface area contributed by atoms with Gasteiger partial charge in [0.05, 0.1) is 22.2 Å². The summed E-state index contributed by atoms with van der Waals surface area (Å²) in [4.78, 5) is 12.8. The van der Waals surface area contributed by atoms with Crippen LogP contribution in [-0.4, -0.2) is 19.6 Å². The minimum absolute atomic E-state index is 0.261. The van der Waals surface area contributed by atoms with Gasteiger partial charge in [-0.3, -0.25) is 9.52 Å². The largest absolute Gasteiger partial charge is 0.459 e. The SMILES string of the molecule is Cc1cc2cccc(NC(=O)c3ccccc3NS(=O)(=O)C3CC3)c2o1. The smallest absolute Gasteiger partial charge is 0.257 e. The summed E-state index contributed by atoms with van der Waals surface area (Å²) in [5, 5.41) is 3.35. The molecule has 3 aromatic rings. The van der Waals surface area contributed by atoms with Gasteiger partial charge in [0, 0.05) is 5.39 Å². The van der Waals surface area contributed by atoms with E-state index in [1.807, 2.05) is 25.1 Å². The molecule has 7 heteroatoms. The number of anilines is 2. The summed E-state index contributed by atoms with van der Waals surface area (Å²) in [7, 11) is -3.45. The van der Waals surface area contributed by atoms with Crippen molar-refractivity contribution in [3.63, 3.8) is 0 Å². The van der Waals surface area contributed by atoms with E-state index in [1.165, 1.54) is 0 Å². The van der Waals surface area contributed by atoms with Gasteiger partial charge < -0.3 is 9.73 Å². The topological polar surface area (TPSA) is 88.4 Å². The van der Waals surface area contributed by atoms with E-state index in [4.69, 9.17) is 4.42 Å². The number of nitrogens with one attached hydrogen (secondary N) is 2. The molecule has 0 radical (unpaired) electrons. The van der Waals surface area contributed by atoms with Gasteiger partial charge in [-0.15, -0.1) is 0 Å². The van der Waals surface area contributed by atoms with Gasteiger partial charge in [-0.2, -0.15) is 0 Å². The predicted octanol–water partition coefficient (Wildman–Crippen LogP) is 3.90. The Hall–Kier alpha value is -2.80. The van der Waals surface area contributed by atoms with Crippen LogP contribution < -0.4 is 10.0 Å². The number of rotatable bonds is 5. The zero-order chi connectivity index (χ0) is 18.3. The Morgan fingerprint density at radius 1 is 1.08 bits per heavy atom. The molecule has 4 rings (SSSR count). The second-order valence-electron chi connectivity index (χ2n) is 6.43. The molecule has 0 atom stereocenters. The molecule has 1 heterocycles. The lowest BCUT2D eigenvalue weighted by Gasteiger charge is -2.12. The Labute approximate surface area is 151 Å². The summed E-state index contributed by atoms with van der Waals surface area (Å²) >= 11 is 0. The number of aryl methyl sites for hydroxylation is 1. The maximum Gasteiger partial charge on any atom is 0.257 e. The summed E-state index contributed by atoms with van der Waals surface area (Å²) < 4.78 is 32.6. The van der Waals surface area contributed by atoms with E-state index in [1.54, 1.807) is 30.3 Å². The van der Waals surface area contributed by atoms with Crippen molar-refractivity contribution in [2.24, 2.45) is 0 Å². The van der Waals surface area contributed by atoms with Crippen LogP contribution in [0.3, 0.4) is 0 Å². The van der Waals surface area contributed by atoms with Gasteiger partial charge in [-0.05, 0) is 44.0 Å². The molecule has 0 aliphatic heterocycles. The van der Waals surface area contributed by atoms with E-state index in [2.05, 4.69) is 10.0 Å². The zero-order valence-corrected chi connectivity index (χ0v) is 15.0. The van der Waals surface area contributed by atoms with Crippen molar-refractivity contribution in [2.45, 2.75) is 25.0 Å². The highest BCUT2D eigenvalue weighted by molar-refractivity contribution is 7.93. The summed E-state index contributed by atoms with van der Waals surface area (Å²) in [5.41, 5.74) is 1.67. The van der Waals surface area contributed by atoms with E-state index in [0.29, 0.717) is 24.1 Å². The molecule has 0 saturated heterocycles. The Balaban J connectivity index is 1.64. The first-order valence-electron chi connectivity index (χ1n) is 8.35. The number of hydrogen-bond acceptors (Lipinski definition) is 4. The number of amides is 1. The fraction of sp³-hybridized carbons (Fsp3) is 0.211. The third-order valence-electron chi connectivity index (χ3n) is 4.30. The number of furan rings is 1. The first kappa shape index (κ1) is 16.7. The second kappa shape index (κ2) is 6.17. The van der Waals surface area contributed by atoms with Crippen LogP contribution in [0.25, 0.3) is 11.0 Å².